The summed E-state index contributed by atoms with van der Waals surface area (Å²) in [4.78, 5) is 4.57. The van der Waals surface area contributed by atoms with E-state index < -0.39 is 0 Å². The number of pyridine rings is 1. The molecule has 0 aromatic carbocycles. The van der Waals surface area contributed by atoms with Crippen LogP contribution in [0.15, 0.2) is 23.7 Å². The SMILES string of the molecule is CCNC1CC(c2cnc3ccsc3c2)C1(C)C. The first kappa shape index (κ1) is 12.1. The highest BCUT2D eigenvalue weighted by atomic mass is 32.1. The van der Waals surface area contributed by atoms with Crippen molar-refractivity contribution < 1.29 is 0 Å². The number of nitrogens with one attached hydrogen (secondary N) is 1. The molecule has 0 saturated heterocycles. The minimum absolute atomic E-state index is 0.336. The van der Waals surface area contributed by atoms with E-state index in [4.69, 9.17) is 0 Å². The van der Waals surface area contributed by atoms with Crippen LogP contribution < -0.4 is 5.32 Å². The Kier molecular flexibility index (Phi) is 2.91. The third kappa shape index (κ3) is 1.77. The zero-order chi connectivity index (χ0) is 12.8. The van der Waals surface area contributed by atoms with Gasteiger partial charge in [-0.25, -0.2) is 0 Å². The summed E-state index contributed by atoms with van der Waals surface area (Å²) in [5.41, 5.74) is 2.87. The molecule has 2 nitrogen and oxygen atoms in total. The van der Waals surface area contributed by atoms with Crippen molar-refractivity contribution in [3.8, 4) is 0 Å². The number of rotatable bonds is 3. The topological polar surface area (TPSA) is 24.9 Å². The zero-order valence-corrected chi connectivity index (χ0v) is 12.1. The third-order valence-corrected chi connectivity index (χ3v) is 5.30. The summed E-state index contributed by atoms with van der Waals surface area (Å²) in [5.74, 6) is 0.639. The van der Waals surface area contributed by atoms with E-state index >= 15 is 0 Å². The van der Waals surface area contributed by atoms with E-state index in [-0.39, 0.29) is 0 Å². The molecular formula is C15H20N2S. The number of hydrogen-bond donors (Lipinski definition) is 1. The Morgan fingerprint density at radius 1 is 1.50 bits per heavy atom. The van der Waals surface area contributed by atoms with Crippen molar-refractivity contribution in [3.63, 3.8) is 0 Å². The third-order valence-electron chi connectivity index (χ3n) is 4.44. The predicted molar refractivity (Wildman–Crippen MR) is 78.2 cm³/mol. The molecule has 0 aliphatic heterocycles. The van der Waals surface area contributed by atoms with E-state index in [0.717, 1.165) is 12.1 Å². The number of aromatic nitrogens is 1. The molecule has 3 rings (SSSR count). The fraction of sp³-hybridized carbons (Fsp3) is 0.533. The summed E-state index contributed by atoms with van der Waals surface area (Å²) in [5, 5.41) is 5.71. The van der Waals surface area contributed by atoms with Gasteiger partial charge < -0.3 is 5.32 Å². The molecule has 1 saturated carbocycles. The quantitative estimate of drug-likeness (QED) is 0.908. The first-order valence-electron chi connectivity index (χ1n) is 6.69. The lowest BCUT2D eigenvalue weighted by molar-refractivity contribution is 0.0705. The molecule has 1 fully saturated rings. The number of thiophene rings is 1. The van der Waals surface area contributed by atoms with Gasteiger partial charge in [-0.2, -0.15) is 0 Å². The molecule has 2 heterocycles. The highest BCUT2D eigenvalue weighted by molar-refractivity contribution is 7.17. The van der Waals surface area contributed by atoms with E-state index in [9.17, 15) is 0 Å². The van der Waals surface area contributed by atoms with E-state index in [0.29, 0.717) is 17.4 Å². The van der Waals surface area contributed by atoms with Gasteiger partial charge in [-0.05, 0) is 47.4 Å². The second kappa shape index (κ2) is 4.32. The summed E-state index contributed by atoms with van der Waals surface area (Å²) in [6.07, 6.45) is 3.31. The average Bonchev–Trinajstić information content (AvgIpc) is 2.81. The minimum atomic E-state index is 0.336. The van der Waals surface area contributed by atoms with Gasteiger partial charge in [-0.3, -0.25) is 4.98 Å². The van der Waals surface area contributed by atoms with Crippen molar-refractivity contribution in [3.05, 3.63) is 29.3 Å². The number of fused-ring (bicyclic) bond motifs is 1. The van der Waals surface area contributed by atoms with E-state index in [2.05, 4.69) is 54.8 Å². The van der Waals surface area contributed by atoms with E-state index in [1.807, 2.05) is 0 Å². The lowest BCUT2D eigenvalue weighted by atomic mass is 9.56. The first-order valence-corrected chi connectivity index (χ1v) is 7.57. The molecule has 0 spiro atoms. The second-order valence-electron chi connectivity index (χ2n) is 5.79. The maximum Gasteiger partial charge on any atom is 0.0809 e. The molecule has 2 atom stereocenters. The molecule has 3 heteroatoms. The molecule has 96 valence electrons. The lowest BCUT2D eigenvalue weighted by Crippen LogP contribution is -2.55. The van der Waals surface area contributed by atoms with Crippen LogP contribution in [0.25, 0.3) is 10.2 Å². The zero-order valence-electron chi connectivity index (χ0n) is 11.2. The summed E-state index contributed by atoms with van der Waals surface area (Å²) >= 11 is 1.79. The van der Waals surface area contributed by atoms with Gasteiger partial charge in [0, 0.05) is 12.2 Å². The normalized spacial score (nSPS) is 26.2. The molecule has 1 aliphatic rings. The highest BCUT2D eigenvalue weighted by Gasteiger charge is 2.48. The maximum absolute atomic E-state index is 4.57. The highest BCUT2D eigenvalue weighted by Crippen LogP contribution is 2.52. The predicted octanol–water partition coefficient (Wildman–Crippen LogP) is 3.79. The average molecular weight is 260 g/mol. The fourth-order valence-corrected chi connectivity index (χ4v) is 3.93. The summed E-state index contributed by atoms with van der Waals surface area (Å²) < 4.78 is 1.32. The largest absolute Gasteiger partial charge is 0.314 e. The Morgan fingerprint density at radius 2 is 2.33 bits per heavy atom. The van der Waals surface area contributed by atoms with Crippen LogP contribution in [0.1, 0.15) is 38.7 Å². The van der Waals surface area contributed by atoms with Crippen molar-refractivity contribution >= 4 is 21.6 Å². The van der Waals surface area contributed by atoms with E-state index in [1.54, 1.807) is 11.3 Å². The van der Waals surface area contributed by atoms with Crippen molar-refractivity contribution in [2.24, 2.45) is 5.41 Å². The molecule has 0 amide bonds. The van der Waals surface area contributed by atoms with Gasteiger partial charge in [0.05, 0.1) is 10.2 Å². The molecule has 1 N–H and O–H groups in total. The first-order chi connectivity index (χ1) is 8.63. The van der Waals surface area contributed by atoms with Gasteiger partial charge in [0.1, 0.15) is 0 Å². The monoisotopic (exact) mass is 260 g/mol. The van der Waals surface area contributed by atoms with Crippen molar-refractivity contribution in [2.75, 3.05) is 6.54 Å². The summed E-state index contributed by atoms with van der Waals surface area (Å²) in [6, 6.07) is 5.07. The Morgan fingerprint density at radius 3 is 3.06 bits per heavy atom. The Bertz CT molecular complexity index is 558. The van der Waals surface area contributed by atoms with Crippen molar-refractivity contribution in [1.82, 2.24) is 10.3 Å². The van der Waals surface area contributed by atoms with Crippen molar-refractivity contribution in [1.29, 1.82) is 0 Å². The van der Waals surface area contributed by atoms with Gasteiger partial charge in [-0.1, -0.05) is 20.8 Å². The number of hydrogen-bond acceptors (Lipinski definition) is 3. The Labute approximate surface area is 112 Å². The molecule has 0 bridgehead atoms. The summed E-state index contributed by atoms with van der Waals surface area (Å²) in [6.45, 7) is 7.98. The molecule has 18 heavy (non-hydrogen) atoms. The van der Waals surface area contributed by atoms with Gasteiger partial charge in [0.25, 0.3) is 0 Å². The smallest absolute Gasteiger partial charge is 0.0809 e. The van der Waals surface area contributed by atoms with Crippen LogP contribution in [0.4, 0.5) is 0 Å². The molecular weight excluding hydrogens is 240 g/mol. The van der Waals surface area contributed by atoms with Gasteiger partial charge in [0.2, 0.25) is 0 Å². The molecule has 2 aromatic rings. The molecule has 1 aliphatic carbocycles. The van der Waals surface area contributed by atoms with Crippen LogP contribution in [-0.2, 0) is 0 Å². The second-order valence-corrected chi connectivity index (χ2v) is 6.74. The lowest BCUT2D eigenvalue weighted by Gasteiger charge is -2.52. The molecule has 2 unspecified atom stereocenters. The Hall–Kier alpha value is -0.930. The number of nitrogens with zero attached hydrogens (tertiary/aromatic N) is 1. The van der Waals surface area contributed by atoms with Crippen LogP contribution in [0.3, 0.4) is 0 Å². The van der Waals surface area contributed by atoms with Crippen LogP contribution in [0, 0.1) is 5.41 Å². The van der Waals surface area contributed by atoms with Gasteiger partial charge >= 0.3 is 0 Å². The van der Waals surface area contributed by atoms with Gasteiger partial charge in [0.15, 0.2) is 0 Å². The van der Waals surface area contributed by atoms with E-state index in [1.165, 1.54) is 16.7 Å². The van der Waals surface area contributed by atoms with Crippen LogP contribution in [0.2, 0.25) is 0 Å². The van der Waals surface area contributed by atoms with Crippen LogP contribution in [0.5, 0.6) is 0 Å². The maximum atomic E-state index is 4.57. The van der Waals surface area contributed by atoms with Gasteiger partial charge in [-0.15, -0.1) is 11.3 Å². The van der Waals surface area contributed by atoms with Crippen LogP contribution >= 0.6 is 11.3 Å². The molecule has 0 radical (unpaired) electrons. The fourth-order valence-electron chi connectivity index (χ4n) is 3.14. The van der Waals surface area contributed by atoms with Crippen molar-refractivity contribution in [2.45, 2.75) is 39.2 Å². The Balaban J connectivity index is 1.87. The summed E-state index contributed by atoms with van der Waals surface area (Å²) in [7, 11) is 0. The minimum Gasteiger partial charge on any atom is -0.314 e. The standard InChI is InChI=1S/C15H20N2S/c1-4-16-14-8-11(15(14,2)3)10-7-13-12(17-9-10)5-6-18-13/h5-7,9,11,14,16H,4,8H2,1-3H3. The molecule has 2 aromatic heterocycles. The van der Waals surface area contributed by atoms with Crippen LogP contribution in [-0.4, -0.2) is 17.6 Å².